The van der Waals surface area contributed by atoms with Crippen LogP contribution in [-0.4, -0.2) is 63.5 Å². The van der Waals surface area contributed by atoms with Crippen molar-refractivity contribution < 1.29 is 9.53 Å². The third-order valence-electron chi connectivity index (χ3n) is 6.02. The number of aromatic nitrogens is 4. The van der Waals surface area contributed by atoms with Gasteiger partial charge in [-0.3, -0.25) is 14.6 Å². The standard InChI is InChI=1S/C24H31N7O2/c1-4-33-24(32)27-15-19-5-7-20(8-6-19)22-23(26-10-9-25-22)31-13-11-30(12-14-31)17-21-16-28-29(3)18(21)2/h5-10,16H,4,11-15,17H2,1-3H3,(H,27,32). The van der Waals surface area contributed by atoms with Gasteiger partial charge in [0.2, 0.25) is 0 Å². The number of alkyl carbamates (subject to hydrolysis) is 1. The number of benzene rings is 1. The van der Waals surface area contributed by atoms with Gasteiger partial charge in [-0.15, -0.1) is 0 Å². The molecule has 1 aliphatic heterocycles. The fourth-order valence-electron chi connectivity index (χ4n) is 3.96. The highest BCUT2D eigenvalue weighted by atomic mass is 16.5. The summed E-state index contributed by atoms with van der Waals surface area (Å²) in [7, 11) is 1.98. The summed E-state index contributed by atoms with van der Waals surface area (Å²) in [6.45, 7) is 9.31. The van der Waals surface area contributed by atoms with E-state index in [2.05, 4.69) is 37.1 Å². The molecule has 33 heavy (non-hydrogen) atoms. The number of rotatable bonds is 7. The number of carbonyl (C=O) groups is 1. The van der Waals surface area contributed by atoms with Crippen LogP contribution in [0.1, 0.15) is 23.7 Å². The number of nitrogens with zero attached hydrogens (tertiary/aromatic N) is 6. The fourth-order valence-corrected chi connectivity index (χ4v) is 3.96. The number of hydrogen-bond acceptors (Lipinski definition) is 7. The van der Waals surface area contributed by atoms with E-state index in [1.54, 1.807) is 19.3 Å². The number of aryl methyl sites for hydroxylation is 1. The van der Waals surface area contributed by atoms with E-state index >= 15 is 0 Å². The summed E-state index contributed by atoms with van der Waals surface area (Å²) in [4.78, 5) is 25.6. The van der Waals surface area contributed by atoms with Crippen LogP contribution >= 0.6 is 0 Å². The second-order valence-corrected chi connectivity index (χ2v) is 8.14. The maximum atomic E-state index is 11.5. The Hall–Kier alpha value is -3.46. The Morgan fingerprint density at radius 1 is 1.09 bits per heavy atom. The number of ether oxygens (including phenoxy) is 1. The molecule has 1 aliphatic rings. The van der Waals surface area contributed by atoms with Gasteiger partial charge in [0.05, 0.1) is 12.8 Å². The first kappa shape index (κ1) is 22.7. The highest BCUT2D eigenvalue weighted by Crippen LogP contribution is 2.28. The van der Waals surface area contributed by atoms with E-state index in [9.17, 15) is 4.79 Å². The van der Waals surface area contributed by atoms with Crippen LogP contribution in [0.15, 0.2) is 42.9 Å². The minimum atomic E-state index is -0.407. The molecule has 4 rings (SSSR count). The van der Waals surface area contributed by atoms with E-state index in [1.807, 2.05) is 42.2 Å². The van der Waals surface area contributed by atoms with Crippen molar-refractivity contribution in [2.45, 2.75) is 26.9 Å². The molecule has 0 aliphatic carbocycles. The molecule has 0 saturated carbocycles. The zero-order chi connectivity index (χ0) is 23.2. The molecule has 0 atom stereocenters. The van der Waals surface area contributed by atoms with E-state index in [1.165, 1.54) is 11.3 Å². The van der Waals surface area contributed by atoms with Crippen LogP contribution in [0.5, 0.6) is 0 Å². The van der Waals surface area contributed by atoms with Crippen LogP contribution in [0.2, 0.25) is 0 Å². The Balaban J connectivity index is 1.40. The highest BCUT2D eigenvalue weighted by Gasteiger charge is 2.22. The topological polar surface area (TPSA) is 88.4 Å². The van der Waals surface area contributed by atoms with Gasteiger partial charge in [0.1, 0.15) is 5.69 Å². The van der Waals surface area contributed by atoms with Gasteiger partial charge >= 0.3 is 6.09 Å². The Morgan fingerprint density at radius 3 is 2.48 bits per heavy atom. The van der Waals surface area contributed by atoms with Crippen molar-refractivity contribution in [1.29, 1.82) is 0 Å². The minimum absolute atomic E-state index is 0.359. The number of amides is 1. The first-order chi connectivity index (χ1) is 16.0. The third-order valence-corrected chi connectivity index (χ3v) is 6.02. The molecule has 3 heterocycles. The number of piperazine rings is 1. The summed E-state index contributed by atoms with van der Waals surface area (Å²) >= 11 is 0. The van der Waals surface area contributed by atoms with Crippen molar-refractivity contribution in [3.63, 3.8) is 0 Å². The van der Waals surface area contributed by atoms with Crippen molar-refractivity contribution in [2.24, 2.45) is 7.05 Å². The zero-order valence-electron chi connectivity index (χ0n) is 19.5. The molecule has 9 heteroatoms. The molecule has 0 spiro atoms. The lowest BCUT2D eigenvalue weighted by Gasteiger charge is -2.35. The van der Waals surface area contributed by atoms with E-state index in [4.69, 9.17) is 4.74 Å². The molecule has 2 aromatic heterocycles. The molecule has 3 aromatic rings. The largest absolute Gasteiger partial charge is 0.450 e. The molecular formula is C24H31N7O2. The average molecular weight is 450 g/mol. The van der Waals surface area contributed by atoms with E-state index in [0.29, 0.717) is 13.2 Å². The molecule has 1 aromatic carbocycles. The predicted molar refractivity (Wildman–Crippen MR) is 127 cm³/mol. The number of nitrogens with one attached hydrogen (secondary N) is 1. The van der Waals surface area contributed by atoms with Crippen LogP contribution in [-0.2, 0) is 24.9 Å². The molecule has 0 unspecified atom stereocenters. The van der Waals surface area contributed by atoms with Crippen molar-refractivity contribution in [3.8, 4) is 11.3 Å². The van der Waals surface area contributed by atoms with Crippen molar-refractivity contribution in [2.75, 3.05) is 37.7 Å². The maximum absolute atomic E-state index is 11.5. The number of anilines is 1. The Morgan fingerprint density at radius 2 is 1.82 bits per heavy atom. The summed E-state index contributed by atoms with van der Waals surface area (Å²) in [6, 6.07) is 8.04. The van der Waals surface area contributed by atoms with Crippen LogP contribution < -0.4 is 10.2 Å². The lowest BCUT2D eigenvalue weighted by atomic mass is 10.1. The number of hydrogen-bond donors (Lipinski definition) is 1. The second-order valence-electron chi connectivity index (χ2n) is 8.14. The lowest BCUT2D eigenvalue weighted by Crippen LogP contribution is -2.46. The molecule has 1 amide bonds. The van der Waals surface area contributed by atoms with E-state index < -0.39 is 6.09 Å². The SMILES string of the molecule is CCOC(=O)NCc1ccc(-c2nccnc2N2CCN(Cc3cnn(C)c3C)CC2)cc1. The molecule has 0 bridgehead atoms. The van der Waals surface area contributed by atoms with E-state index in [-0.39, 0.29) is 0 Å². The summed E-state index contributed by atoms with van der Waals surface area (Å²) in [5.74, 6) is 0.909. The molecule has 174 valence electrons. The molecule has 1 N–H and O–H groups in total. The molecule has 0 radical (unpaired) electrons. The Labute approximate surface area is 194 Å². The third kappa shape index (κ3) is 5.48. The van der Waals surface area contributed by atoms with Gasteiger partial charge in [0.15, 0.2) is 5.82 Å². The van der Waals surface area contributed by atoms with Crippen LogP contribution in [0.25, 0.3) is 11.3 Å². The first-order valence-corrected chi connectivity index (χ1v) is 11.3. The van der Waals surface area contributed by atoms with E-state index in [0.717, 1.165) is 55.4 Å². The first-order valence-electron chi connectivity index (χ1n) is 11.3. The van der Waals surface area contributed by atoms with Gasteiger partial charge in [0, 0.05) is 75.5 Å². The second kappa shape index (κ2) is 10.4. The van der Waals surface area contributed by atoms with Gasteiger partial charge in [-0.05, 0) is 19.4 Å². The fraction of sp³-hybridized carbons (Fsp3) is 0.417. The Bertz CT molecular complexity index is 1070. The number of carbonyl (C=O) groups excluding carboxylic acids is 1. The van der Waals surface area contributed by atoms with Crippen molar-refractivity contribution >= 4 is 11.9 Å². The van der Waals surface area contributed by atoms with Crippen molar-refractivity contribution in [1.82, 2.24) is 30.0 Å². The molecule has 1 fully saturated rings. The lowest BCUT2D eigenvalue weighted by molar-refractivity contribution is 0.151. The quantitative estimate of drug-likeness (QED) is 0.593. The van der Waals surface area contributed by atoms with Gasteiger partial charge in [0.25, 0.3) is 0 Å². The summed E-state index contributed by atoms with van der Waals surface area (Å²) in [5, 5.41) is 7.10. The van der Waals surface area contributed by atoms with Crippen LogP contribution in [0.4, 0.5) is 10.6 Å². The van der Waals surface area contributed by atoms with Gasteiger partial charge in [-0.2, -0.15) is 5.10 Å². The van der Waals surface area contributed by atoms with Gasteiger partial charge in [-0.25, -0.2) is 9.78 Å². The van der Waals surface area contributed by atoms with Crippen molar-refractivity contribution in [3.05, 3.63) is 59.7 Å². The van der Waals surface area contributed by atoms with Gasteiger partial charge in [-0.1, -0.05) is 24.3 Å². The summed E-state index contributed by atoms with van der Waals surface area (Å²) in [6.07, 6.45) is 5.04. The minimum Gasteiger partial charge on any atom is -0.450 e. The molecule has 1 saturated heterocycles. The monoisotopic (exact) mass is 449 g/mol. The summed E-state index contributed by atoms with van der Waals surface area (Å²) < 4.78 is 6.83. The Kier molecular flexibility index (Phi) is 7.19. The van der Waals surface area contributed by atoms with Gasteiger partial charge < -0.3 is 15.0 Å². The van der Waals surface area contributed by atoms with Crippen LogP contribution in [0, 0.1) is 6.92 Å². The zero-order valence-corrected chi connectivity index (χ0v) is 19.5. The molecule has 9 nitrogen and oxygen atoms in total. The average Bonchev–Trinajstić information content (AvgIpc) is 3.16. The maximum Gasteiger partial charge on any atom is 0.407 e. The smallest absolute Gasteiger partial charge is 0.407 e. The van der Waals surface area contributed by atoms with Crippen LogP contribution in [0.3, 0.4) is 0 Å². The molecular weight excluding hydrogens is 418 g/mol. The predicted octanol–water partition coefficient (Wildman–Crippen LogP) is 2.75. The highest BCUT2D eigenvalue weighted by molar-refractivity contribution is 5.72. The summed E-state index contributed by atoms with van der Waals surface area (Å²) in [5.41, 5.74) is 5.38. The normalized spacial score (nSPS) is 14.3.